The molecule has 0 saturated heterocycles. The number of hydrogen-bond acceptors (Lipinski definition) is 8. The van der Waals surface area contributed by atoms with Gasteiger partial charge < -0.3 is 31.1 Å². The normalized spacial score (nSPS) is 27.0. The average molecular weight is 1110 g/mol. The molecular weight excluding hydrogens is 1030 g/mol. The number of aryl methyl sites for hydroxylation is 4. The van der Waals surface area contributed by atoms with Gasteiger partial charge in [-0.15, -0.1) is 0 Å². The average Bonchev–Trinajstić information content (AvgIpc) is 3.65. The quantitative estimate of drug-likeness (QED) is 0.0737. The number of hydrogen-bond donors (Lipinski definition) is 6. The van der Waals surface area contributed by atoms with Crippen molar-refractivity contribution in [2.75, 3.05) is 10.6 Å². The molecule has 4 aliphatic carbocycles. The SMILES string of the molecule is Cc1ncccc1NC(=O)c1ccc2c(c1)CC[C@@H]1C[C@@](O)(c3ccccc3)[C@](C)(O)C[C@@]21Cc1ccccc1.Cc1ncccc1NC(=O)c1ccc2c(c1)CC[C@@H]1C[C@@](O)(c3ccccc3)[C@](C)(O)C[C@@]21Cc1ccccc1.[Ca+2]. The van der Waals surface area contributed by atoms with Gasteiger partial charge in [-0.05, 0) is 197 Å². The smallest absolute Gasteiger partial charge is 0.387 e. The minimum Gasteiger partial charge on any atom is -0.387 e. The summed E-state index contributed by atoms with van der Waals surface area (Å²) in [6.45, 7) is 7.33. The molecule has 11 heteroatoms. The first-order valence-electron chi connectivity index (χ1n) is 28.2. The van der Waals surface area contributed by atoms with Crippen molar-refractivity contribution >= 4 is 60.9 Å². The van der Waals surface area contributed by atoms with Crippen molar-refractivity contribution < 1.29 is 30.0 Å². The monoisotopic (exact) mass is 1100 g/mol. The van der Waals surface area contributed by atoms with Gasteiger partial charge in [0, 0.05) is 34.4 Å². The first-order valence-corrected chi connectivity index (χ1v) is 28.2. The molecule has 408 valence electrons. The van der Waals surface area contributed by atoms with Crippen LogP contribution >= 0.6 is 0 Å². The zero-order chi connectivity index (χ0) is 55.9. The number of aliphatic hydroxyl groups is 4. The fraction of sp³-hybridized carbons (Fsp3) is 0.314. The molecule has 0 radical (unpaired) electrons. The number of nitrogens with one attached hydrogen (secondary N) is 2. The van der Waals surface area contributed by atoms with Crippen LogP contribution in [0.3, 0.4) is 0 Å². The van der Waals surface area contributed by atoms with Crippen LogP contribution in [-0.4, -0.2) is 91.1 Å². The summed E-state index contributed by atoms with van der Waals surface area (Å²) in [5.74, 6) is -0.00818. The largest absolute Gasteiger partial charge is 2.00 e. The van der Waals surface area contributed by atoms with Gasteiger partial charge >= 0.3 is 37.7 Å². The van der Waals surface area contributed by atoms with Gasteiger partial charge in [0.05, 0.1) is 34.0 Å². The summed E-state index contributed by atoms with van der Waals surface area (Å²) >= 11 is 0. The summed E-state index contributed by atoms with van der Waals surface area (Å²) in [5, 5.41) is 54.4. The van der Waals surface area contributed by atoms with E-state index in [0.717, 1.165) is 72.2 Å². The third-order valence-corrected chi connectivity index (χ3v) is 18.8. The molecule has 81 heavy (non-hydrogen) atoms. The molecule has 4 aliphatic rings. The molecule has 2 heterocycles. The molecule has 8 aromatic rings. The summed E-state index contributed by atoms with van der Waals surface area (Å²) in [4.78, 5) is 35.0. The van der Waals surface area contributed by atoms with E-state index in [2.05, 4.69) is 81.3 Å². The van der Waals surface area contributed by atoms with Crippen molar-refractivity contribution in [3.05, 3.63) is 261 Å². The van der Waals surface area contributed by atoms with E-state index >= 15 is 0 Å². The van der Waals surface area contributed by atoms with Crippen LogP contribution in [0.2, 0.25) is 0 Å². The van der Waals surface area contributed by atoms with Crippen LogP contribution in [0.1, 0.15) is 129 Å². The number of carbonyl (C=O) groups is 2. The summed E-state index contributed by atoms with van der Waals surface area (Å²) in [6, 6.07) is 59.5. The fourth-order valence-corrected chi connectivity index (χ4v) is 14.7. The van der Waals surface area contributed by atoms with E-state index in [1.807, 2.05) is 135 Å². The third kappa shape index (κ3) is 11.0. The molecule has 2 amide bonds. The third-order valence-electron chi connectivity index (χ3n) is 18.8. The number of carbonyl (C=O) groups excluding carboxylic acids is 2. The second-order valence-corrected chi connectivity index (χ2v) is 23.8. The number of pyridine rings is 2. The second kappa shape index (κ2) is 23.1. The Bertz CT molecular complexity index is 3310. The maximum atomic E-state index is 13.2. The Morgan fingerprint density at radius 3 is 1.21 bits per heavy atom. The van der Waals surface area contributed by atoms with Crippen LogP contribution < -0.4 is 10.6 Å². The molecule has 6 N–H and O–H groups in total. The van der Waals surface area contributed by atoms with Gasteiger partial charge in [0.2, 0.25) is 0 Å². The Kier molecular flexibility index (Phi) is 16.5. The van der Waals surface area contributed by atoms with Gasteiger partial charge in [0.1, 0.15) is 11.2 Å². The molecule has 0 spiro atoms. The minimum absolute atomic E-state index is 0. The van der Waals surface area contributed by atoms with Crippen molar-refractivity contribution in [1.82, 2.24) is 9.97 Å². The maximum Gasteiger partial charge on any atom is 2.00 e. The van der Waals surface area contributed by atoms with Crippen molar-refractivity contribution in [2.24, 2.45) is 11.8 Å². The number of aromatic nitrogens is 2. The van der Waals surface area contributed by atoms with Crippen molar-refractivity contribution in [3.8, 4) is 0 Å². The predicted octanol–water partition coefficient (Wildman–Crippen LogP) is 11.9. The number of benzene rings is 6. The van der Waals surface area contributed by atoms with Crippen molar-refractivity contribution in [3.63, 3.8) is 0 Å². The van der Waals surface area contributed by atoms with Crippen LogP contribution in [0.4, 0.5) is 11.4 Å². The van der Waals surface area contributed by atoms with Crippen LogP contribution in [0.5, 0.6) is 0 Å². The van der Waals surface area contributed by atoms with Gasteiger partial charge in [-0.25, -0.2) is 0 Å². The van der Waals surface area contributed by atoms with E-state index in [-0.39, 0.29) is 72.2 Å². The van der Waals surface area contributed by atoms with Crippen LogP contribution in [-0.2, 0) is 47.7 Å². The topological polar surface area (TPSA) is 165 Å². The number of fused-ring (bicyclic) bond motifs is 6. The molecular formula is C70H72CaN4O6+2. The molecule has 10 nitrogen and oxygen atoms in total. The number of amides is 2. The molecule has 8 atom stereocenters. The van der Waals surface area contributed by atoms with E-state index in [9.17, 15) is 30.0 Å². The van der Waals surface area contributed by atoms with Crippen LogP contribution in [0.25, 0.3) is 0 Å². The standard InChI is InChI=1S/2C35H36N2O3.Ca/c2*1-24-31(14-9-19-36-24)37-32(38)27-16-18-30-26(20-27)15-17-29-22-35(40,28-12-7-4-8-13-28)33(2,39)23-34(29,30)21-25-10-5-3-6-11-25;/h2*3-14,16,18-20,29,39-40H,15,17,21-23H2,1-2H3,(H,37,38);/q;;+2/t2*29-,33-,34-,35-;/m11./s1. The maximum absolute atomic E-state index is 13.2. The Hall–Kier alpha value is -6.34. The van der Waals surface area contributed by atoms with E-state index in [4.69, 9.17) is 0 Å². The van der Waals surface area contributed by atoms with Crippen LogP contribution in [0, 0.1) is 25.7 Å². The van der Waals surface area contributed by atoms with Gasteiger partial charge in [0.15, 0.2) is 0 Å². The van der Waals surface area contributed by atoms with E-state index in [0.29, 0.717) is 48.2 Å². The van der Waals surface area contributed by atoms with Gasteiger partial charge in [-0.3, -0.25) is 19.6 Å². The first kappa shape index (κ1) is 57.9. The summed E-state index contributed by atoms with van der Waals surface area (Å²) in [6.07, 6.45) is 10.1. The number of anilines is 2. The fourth-order valence-electron chi connectivity index (χ4n) is 14.7. The molecule has 0 bridgehead atoms. The van der Waals surface area contributed by atoms with E-state index in [1.54, 1.807) is 26.2 Å². The molecule has 0 unspecified atom stereocenters. The molecule has 2 saturated carbocycles. The minimum atomic E-state index is -1.36. The summed E-state index contributed by atoms with van der Waals surface area (Å²) in [7, 11) is 0. The number of nitrogens with zero attached hydrogens (tertiary/aromatic N) is 2. The molecule has 2 fully saturated rings. The molecule has 2 aromatic heterocycles. The van der Waals surface area contributed by atoms with Crippen molar-refractivity contribution in [1.29, 1.82) is 0 Å². The predicted molar refractivity (Wildman–Crippen MR) is 320 cm³/mol. The van der Waals surface area contributed by atoms with E-state index in [1.165, 1.54) is 22.3 Å². The molecule has 6 aromatic carbocycles. The molecule has 0 aliphatic heterocycles. The Morgan fingerprint density at radius 2 is 0.852 bits per heavy atom. The summed E-state index contributed by atoms with van der Waals surface area (Å²) < 4.78 is 0. The second-order valence-electron chi connectivity index (χ2n) is 23.8. The van der Waals surface area contributed by atoms with Crippen LogP contribution in [0.15, 0.2) is 194 Å². The summed E-state index contributed by atoms with van der Waals surface area (Å²) in [5.41, 5.74) is 6.56. The Balaban J connectivity index is 0.000000180. The zero-order valence-electron chi connectivity index (χ0n) is 46.9. The van der Waals surface area contributed by atoms with Gasteiger partial charge in [-0.1, -0.05) is 133 Å². The van der Waals surface area contributed by atoms with Gasteiger partial charge in [-0.2, -0.15) is 0 Å². The molecule has 12 rings (SSSR count). The number of rotatable bonds is 10. The van der Waals surface area contributed by atoms with E-state index < -0.39 is 22.4 Å². The zero-order valence-corrected chi connectivity index (χ0v) is 49.1. The first-order chi connectivity index (χ1) is 38.4. The Labute approximate surface area is 506 Å². The van der Waals surface area contributed by atoms with Gasteiger partial charge in [0.25, 0.3) is 11.8 Å². The Morgan fingerprint density at radius 1 is 0.494 bits per heavy atom. The van der Waals surface area contributed by atoms with Crippen molar-refractivity contribution in [2.45, 2.75) is 125 Å².